The summed E-state index contributed by atoms with van der Waals surface area (Å²) in [7, 11) is 1.95. The Kier molecular flexibility index (Phi) is 6.27. The average molecular weight is 371 g/mol. The van der Waals surface area contributed by atoms with Gasteiger partial charge < -0.3 is 5.32 Å². The molecule has 1 aromatic heterocycles. The van der Waals surface area contributed by atoms with Crippen LogP contribution in [0.1, 0.15) is 36.9 Å². The molecule has 3 nitrogen and oxygen atoms in total. The van der Waals surface area contributed by atoms with Gasteiger partial charge in [0.15, 0.2) is 0 Å². The van der Waals surface area contributed by atoms with Crippen molar-refractivity contribution in [2.75, 3.05) is 6.54 Å². The van der Waals surface area contributed by atoms with E-state index >= 15 is 0 Å². The number of nitrogens with zero attached hydrogens (tertiary/aromatic N) is 2. The molecule has 0 aliphatic rings. The molecule has 0 saturated carbocycles. The topological polar surface area (TPSA) is 29.9 Å². The molecule has 0 amide bonds. The van der Waals surface area contributed by atoms with Gasteiger partial charge in [-0.1, -0.05) is 34.5 Å². The van der Waals surface area contributed by atoms with Crippen molar-refractivity contribution in [1.82, 2.24) is 15.1 Å². The third-order valence-corrected chi connectivity index (χ3v) is 4.29. The molecular weight excluding hydrogens is 350 g/mol. The van der Waals surface area contributed by atoms with Crippen LogP contribution in [0.25, 0.3) is 0 Å². The van der Waals surface area contributed by atoms with E-state index in [1.807, 2.05) is 30.1 Å². The highest BCUT2D eigenvalue weighted by molar-refractivity contribution is 9.10. The van der Waals surface area contributed by atoms with E-state index in [1.54, 1.807) is 0 Å². The van der Waals surface area contributed by atoms with Crippen molar-refractivity contribution in [2.24, 2.45) is 7.05 Å². The van der Waals surface area contributed by atoms with E-state index in [2.05, 4.69) is 45.5 Å². The number of rotatable bonds is 7. The molecule has 1 heterocycles. The van der Waals surface area contributed by atoms with Crippen LogP contribution in [-0.2, 0) is 13.5 Å². The van der Waals surface area contributed by atoms with Crippen molar-refractivity contribution < 1.29 is 0 Å². The van der Waals surface area contributed by atoms with Crippen LogP contribution in [0.3, 0.4) is 0 Å². The van der Waals surface area contributed by atoms with Gasteiger partial charge in [-0.3, -0.25) is 4.68 Å². The van der Waals surface area contributed by atoms with Crippen molar-refractivity contribution in [3.8, 4) is 0 Å². The van der Waals surface area contributed by atoms with Crippen LogP contribution in [-0.4, -0.2) is 16.3 Å². The molecule has 0 saturated heterocycles. The first-order valence-electron chi connectivity index (χ1n) is 7.26. The maximum Gasteiger partial charge on any atom is 0.0521 e. The maximum atomic E-state index is 6.38. The Morgan fingerprint density at radius 3 is 2.90 bits per heavy atom. The van der Waals surface area contributed by atoms with Crippen LogP contribution in [0.4, 0.5) is 0 Å². The van der Waals surface area contributed by atoms with Crippen LogP contribution in [0.2, 0.25) is 5.02 Å². The van der Waals surface area contributed by atoms with Gasteiger partial charge in [0.05, 0.1) is 6.20 Å². The van der Waals surface area contributed by atoms with Gasteiger partial charge in [0.2, 0.25) is 0 Å². The van der Waals surface area contributed by atoms with Gasteiger partial charge in [-0.05, 0) is 55.1 Å². The number of hydrogen-bond acceptors (Lipinski definition) is 2. The lowest BCUT2D eigenvalue weighted by atomic mass is 10.00. The predicted octanol–water partition coefficient (Wildman–Crippen LogP) is 4.51. The highest BCUT2D eigenvalue weighted by Gasteiger charge is 2.15. The molecule has 1 N–H and O–H groups in total. The largest absolute Gasteiger partial charge is 0.310 e. The second kappa shape index (κ2) is 7.97. The Balaban J connectivity index is 2.11. The van der Waals surface area contributed by atoms with E-state index in [-0.39, 0.29) is 6.04 Å². The van der Waals surface area contributed by atoms with Gasteiger partial charge in [0.1, 0.15) is 0 Å². The number of benzene rings is 1. The maximum absolute atomic E-state index is 6.38. The summed E-state index contributed by atoms with van der Waals surface area (Å²) >= 11 is 9.91. The lowest BCUT2D eigenvalue weighted by molar-refractivity contribution is 0.499. The van der Waals surface area contributed by atoms with Crippen molar-refractivity contribution in [3.63, 3.8) is 0 Å². The lowest BCUT2D eigenvalue weighted by Gasteiger charge is -2.20. The van der Waals surface area contributed by atoms with Gasteiger partial charge in [-0.25, -0.2) is 0 Å². The average Bonchev–Trinajstić information content (AvgIpc) is 2.88. The Bertz CT molecular complexity index is 583. The minimum Gasteiger partial charge on any atom is -0.310 e. The third-order valence-electron chi connectivity index (χ3n) is 3.45. The van der Waals surface area contributed by atoms with Crippen LogP contribution in [0.15, 0.2) is 35.1 Å². The molecule has 1 aromatic carbocycles. The SMILES string of the molecule is CCCNC(CCc1cnn(C)c1)c1cc(Br)ccc1Cl. The minimum absolute atomic E-state index is 0.259. The Morgan fingerprint density at radius 2 is 2.24 bits per heavy atom. The van der Waals surface area contributed by atoms with Gasteiger partial charge in [0.25, 0.3) is 0 Å². The third kappa shape index (κ3) is 4.83. The first kappa shape index (κ1) is 16.5. The normalized spacial score (nSPS) is 12.6. The molecule has 1 unspecified atom stereocenters. The molecule has 0 aliphatic carbocycles. The van der Waals surface area contributed by atoms with Crippen LogP contribution in [0, 0.1) is 0 Å². The zero-order chi connectivity index (χ0) is 15.2. The van der Waals surface area contributed by atoms with E-state index in [9.17, 15) is 0 Å². The highest BCUT2D eigenvalue weighted by atomic mass is 79.9. The summed E-state index contributed by atoms with van der Waals surface area (Å²) < 4.78 is 2.90. The fourth-order valence-electron chi connectivity index (χ4n) is 2.38. The van der Waals surface area contributed by atoms with E-state index in [0.717, 1.165) is 40.9 Å². The van der Waals surface area contributed by atoms with Crippen LogP contribution in [0.5, 0.6) is 0 Å². The Labute approximate surface area is 139 Å². The van der Waals surface area contributed by atoms with Crippen molar-refractivity contribution in [1.29, 1.82) is 0 Å². The smallest absolute Gasteiger partial charge is 0.0521 e. The molecule has 2 aromatic rings. The van der Waals surface area contributed by atoms with Gasteiger partial charge in [0, 0.05) is 28.8 Å². The van der Waals surface area contributed by atoms with E-state index < -0.39 is 0 Å². The molecule has 0 bridgehead atoms. The van der Waals surface area contributed by atoms with Crippen molar-refractivity contribution in [2.45, 2.75) is 32.2 Å². The van der Waals surface area contributed by atoms with E-state index in [0.29, 0.717) is 0 Å². The summed E-state index contributed by atoms with van der Waals surface area (Å²) in [6.07, 6.45) is 7.09. The van der Waals surface area contributed by atoms with Gasteiger partial charge in [-0.15, -0.1) is 0 Å². The Hall–Kier alpha value is -0.840. The zero-order valence-electron chi connectivity index (χ0n) is 12.4. The summed E-state index contributed by atoms with van der Waals surface area (Å²) in [6.45, 7) is 3.16. The predicted molar refractivity (Wildman–Crippen MR) is 91.7 cm³/mol. The Morgan fingerprint density at radius 1 is 1.43 bits per heavy atom. The standard InChI is InChI=1S/C16H21BrClN3/c1-3-8-19-16(7-4-12-10-20-21(2)11-12)14-9-13(17)5-6-15(14)18/h5-6,9-11,16,19H,3-4,7-8H2,1-2H3. The summed E-state index contributed by atoms with van der Waals surface area (Å²) in [5, 5.41) is 8.64. The first-order valence-corrected chi connectivity index (χ1v) is 8.43. The van der Waals surface area contributed by atoms with Crippen LogP contribution >= 0.6 is 27.5 Å². The second-order valence-electron chi connectivity index (χ2n) is 5.23. The summed E-state index contributed by atoms with van der Waals surface area (Å²) in [5.74, 6) is 0. The fraction of sp³-hybridized carbons (Fsp3) is 0.438. The summed E-state index contributed by atoms with van der Waals surface area (Å²) in [6, 6.07) is 6.30. The number of nitrogens with one attached hydrogen (secondary N) is 1. The first-order chi connectivity index (χ1) is 10.1. The number of aryl methyl sites for hydroxylation is 2. The van der Waals surface area contributed by atoms with Crippen molar-refractivity contribution >= 4 is 27.5 Å². The molecule has 0 radical (unpaired) electrons. The molecule has 0 spiro atoms. The molecule has 5 heteroatoms. The molecule has 21 heavy (non-hydrogen) atoms. The quantitative estimate of drug-likeness (QED) is 0.777. The van der Waals surface area contributed by atoms with Gasteiger partial charge >= 0.3 is 0 Å². The molecule has 0 fully saturated rings. The van der Waals surface area contributed by atoms with Gasteiger partial charge in [-0.2, -0.15) is 5.10 Å². The lowest BCUT2D eigenvalue weighted by Crippen LogP contribution is -2.23. The second-order valence-corrected chi connectivity index (χ2v) is 6.56. The fourth-order valence-corrected chi connectivity index (χ4v) is 3.01. The summed E-state index contributed by atoms with van der Waals surface area (Å²) in [4.78, 5) is 0. The molecule has 1 atom stereocenters. The molecule has 114 valence electrons. The zero-order valence-corrected chi connectivity index (χ0v) is 14.8. The minimum atomic E-state index is 0.259. The van der Waals surface area contributed by atoms with E-state index in [1.165, 1.54) is 5.56 Å². The monoisotopic (exact) mass is 369 g/mol. The van der Waals surface area contributed by atoms with Crippen molar-refractivity contribution in [3.05, 3.63) is 51.2 Å². The highest BCUT2D eigenvalue weighted by Crippen LogP contribution is 2.29. The van der Waals surface area contributed by atoms with Crippen LogP contribution < -0.4 is 5.32 Å². The number of hydrogen-bond donors (Lipinski definition) is 1. The molecular formula is C16H21BrClN3. The number of aromatic nitrogens is 2. The van der Waals surface area contributed by atoms with E-state index in [4.69, 9.17) is 11.6 Å². The molecule has 0 aliphatic heterocycles. The number of halogens is 2. The molecule has 2 rings (SSSR count). The summed E-state index contributed by atoms with van der Waals surface area (Å²) in [5.41, 5.74) is 2.41.